The van der Waals surface area contributed by atoms with Gasteiger partial charge in [-0.1, -0.05) is 38.1 Å². The summed E-state index contributed by atoms with van der Waals surface area (Å²) in [4.78, 5) is 12.3. The van der Waals surface area contributed by atoms with E-state index in [0.29, 0.717) is 6.54 Å². The van der Waals surface area contributed by atoms with Gasteiger partial charge in [-0.05, 0) is 66.6 Å². The molecule has 22 heavy (non-hydrogen) atoms. The molecule has 0 unspecified atom stereocenters. The first-order valence-electron chi connectivity index (χ1n) is 8.01. The third-order valence-electron chi connectivity index (χ3n) is 4.27. The fourth-order valence-electron chi connectivity index (χ4n) is 2.57. The molecule has 2 nitrogen and oxygen atoms in total. The van der Waals surface area contributed by atoms with Crippen molar-refractivity contribution < 1.29 is 4.79 Å². The van der Waals surface area contributed by atoms with E-state index >= 15 is 0 Å². The van der Waals surface area contributed by atoms with Gasteiger partial charge in [0, 0.05) is 12.1 Å². The van der Waals surface area contributed by atoms with Crippen LogP contribution in [-0.4, -0.2) is 5.91 Å². The van der Waals surface area contributed by atoms with Crippen LogP contribution >= 0.6 is 0 Å². The Bertz CT molecular complexity index is 673. The lowest BCUT2D eigenvalue weighted by Crippen LogP contribution is -2.23. The number of rotatable bonds is 5. The predicted octanol–water partition coefficient (Wildman–Crippen LogP) is 4.36. The highest BCUT2D eigenvalue weighted by Gasteiger charge is 2.08. The van der Waals surface area contributed by atoms with Gasteiger partial charge in [0.05, 0.1) is 0 Å². The van der Waals surface area contributed by atoms with Gasteiger partial charge in [-0.25, -0.2) is 0 Å². The Balaban J connectivity index is 2.11. The Morgan fingerprint density at radius 2 is 1.68 bits per heavy atom. The van der Waals surface area contributed by atoms with Crippen LogP contribution in [0.3, 0.4) is 0 Å². The molecule has 0 saturated carbocycles. The van der Waals surface area contributed by atoms with Crippen molar-refractivity contribution in [3.63, 3.8) is 0 Å². The molecule has 0 aliphatic rings. The SMILES string of the molecule is CCc1ccc(CC)c(CNC(=O)c2ccc(C)c(C)c2)c1. The van der Waals surface area contributed by atoms with Crippen LogP contribution < -0.4 is 5.32 Å². The molecule has 0 radical (unpaired) electrons. The molecule has 116 valence electrons. The lowest BCUT2D eigenvalue weighted by atomic mass is 10.0. The summed E-state index contributed by atoms with van der Waals surface area (Å²) in [7, 11) is 0. The Hall–Kier alpha value is -2.09. The third kappa shape index (κ3) is 3.76. The van der Waals surface area contributed by atoms with Crippen LogP contribution in [0.15, 0.2) is 36.4 Å². The standard InChI is InChI=1S/C20H25NO/c1-5-16-8-10-17(6-2)19(12-16)13-21-20(22)18-9-7-14(3)15(4)11-18/h7-12H,5-6,13H2,1-4H3,(H,21,22). The number of aryl methyl sites for hydroxylation is 4. The molecular formula is C20H25NO. The van der Waals surface area contributed by atoms with Gasteiger partial charge < -0.3 is 5.32 Å². The van der Waals surface area contributed by atoms with Crippen LogP contribution in [0, 0.1) is 13.8 Å². The van der Waals surface area contributed by atoms with E-state index in [0.717, 1.165) is 24.0 Å². The van der Waals surface area contributed by atoms with Gasteiger partial charge >= 0.3 is 0 Å². The Morgan fingerprint density at radius 1 is 0.909 bits per heavy atom. The van der Waals surface area contributed by atoms with Gasteiger partial charge in [0.15, 0.2) is 0 Å². The molecule has 0 bridgehead atoms. The van der Waals surface area contributed by atoms with E-state index in [1.807, 2.05) is 25.1 Å². The van der Waals surface area contributed by atoms with Crippen molar-refractivity contribution in [2.24, 2.45) is 0 Å². The molecule has 0 saturated heterocycles. The minimum atomic E-state index is -0.00736. The molecule has 0 aliphatic carbocycles. The number of hydrogen-bond donors (Lipinski definition) is 1. The highest BCUT2D eigenvalue weighted by Crippen LogP contribution is 2.14. The van der Waals surface area contributed by atoms with E-state index in [2.05, 4.69) is 44.3 Å². The molecular weight excluding hydrogens is 270 g/mol. The molecule has 2 heteroatoms. The summed E-state index contributed by atoms with van der Waals surface area (Å²) >= 11 is 0. The zero-order valence-corrected chi connectivity index (χ0v) is 14.0. The van der Waals surface area contributed by atoms with Crippen molar-refractivity contribution >= 4 is 5.91 Å². The van der Waals surface area contributed by atoms with E-state index in [4.69, 9.17) is 0 Å². The molecule has 1 amide bonds. The number of benzene rings is 2. The molecule has 0 spiro atoms. The molecule has 2 aromatic carbocycles. The molecule has 0 atom stereocenters. The molecule has 2 aromatic rings. The summed E-state index contributed by atoms with van der Waals surface area (Å²) in [5, 5.41) is 3.05. The third-order valence-corrected chi connectivity index (χ3v) is 4.27. The van der Waals surface area contributed by atoms with E-state index in [-0.39, 0.29) is 5.91 Å². The number of hydrogen-bond acceptors (Lipinski definition) is 1. The van der Waals surface area contributed by atoms with Gasteiger partial charge in [-0.2, -0.15) is 0 Å². The summed E-state index contributed by atoms with van der Waals surface area (Å²) in [6.07, 6.45) is 2.00. The molecule has 0 aromatic heterocycles. The molecule has 1 N–H and O–H groups in total. The van der Waals surface area contributed by atoms with Crippen LogP contribution in [0.25, 0.3) is 0 Å². The van der Waals surface area contributed by atoms with Gasteiger partial charge in [0.1, 0.15) is 0 Å². The van der Waals surface area contributed by atoms with Crippen molar-refractivity contribution in [3.05, 3.63) is 69.8 Å². The van der Waals surface area contributed by atoms with E-state index in [9.17, 15) is 4.79 Å². The second-order valence-electron chi connectivity index (χ2n) is 5.79. The summed E-state index contributed by atoms with van der Waals surface area (Å²) in [6.45, 7) is 8.98. The Morgan fingerprint density at radius 3 is 2.32 bits per heavy atom. The number of carbonyl (C=O) groups excluding carboxylic acids is 1. The normalized spacial score (nSPS) is 10.5. The average Bonchev–Trinajstić information content (AvgIpc) is 2.54. The second-order valence-corrected chi connectivity index (χ2v) is 5.79. The fourth-order valence-corrected chi connectivity index (χ4v) is 2.57. The summed E-state index contributed by atoms with van der Waals surface area (Å²) in [5.74, 6) is -0.00736. The van der Waals surface area contributed by atoms with Crippen molar-refractivity contribution in [2.75, 3.05) is 0 Å². The molecule has 2 rings (SSSR count). The monoisotopic (exact) mass is 295 g/mol. The average molecular weight is 295 g/mol. The topological polar surface area (TPSA) is 29.1 Å². The minimum Gasteiger partial charge on any atom is -0.348 e. The van der Waals surface area contributed by atoms with Crippen LogP contribution in [0.5, 0.6) is 0 Å². The minimum absolute atomic E-state index is 0.00736. The smallest absolute Gasteiger partial charge is 0.251 e. The zero-order chi connectivity index (χ0) is 16.1. The molecule has 0 fully saturated rings. The Kier molecular flexibility index (Phi) is 5.37. The van der Waals surface area contributed by atoms with Crippen molar-refractivity contribution in [1.82, 2.24) is 5.32 Å². The maximum Gasteiger partial charge on any atom is 0.251 e. The van der Waals surface area contributed by atoms with Gasteiger partial charge in [-0.15, -0.1) is 0 Å². The van der Waals surface area contributed by atoms with Crippen molar-refractivity contribution in [3.8, 4) is 0 Å². The van der Waals surface area contributed by atoms with Crippen LogP contribution in [0.4, 0.5) is 0 Å². The molecule has 0 heterocycles. The highest BCUT2D eigenvalue weighted by molar-refractivity contribution is 5.94. The fraction of sp³-hybridized carbons (Fsp3) is 0.350. The van der Waals surface area contributed by atoms with Crippen LogP contribution in [0.2, 0.25) is 0 Å². The Labute approximate surface area is 133 Å². The first-order chi connectivity index (χ1) is 10.5. The van der Waals surface area contributed by atoms with Gasteiger partial charge in [0.25, 0.3) is 5.91 Å². The maximum absolute atomic E-state index is 12.3. The van der Waals surface area contributed by atoms with E-state index in [1.165, 1.54) is 22.3 Å². The van der Waals surface area contributed by atoms with E-state index in [1.54, 1.807) is 0 Å². The van der Waals surface area contributed by atoms with E-state index < -0.39 is 0 Å². The zero-order valence-electron chi connectivity index (χ0n) is 14.0. The second kappa shape index (κ2) is 7.26. The summed E-state index contributed by atoms with van der Waals surface area (Å²) in [5.41, 5.74) is 6.92. The van der Waals surface area contributed by atoms with Crippen molar-refractivity contribution in [2.45, 2.75) is 47.1 Å². The summed E-state index contributed by atoms with van der Waals surface area (Å²) in [6, 6.07) is 12.4. The number of amides is 1. The van der Waals surface area contributed by atoms with Crippen LogP contribution in [0.1, 0.15) is 52.0 Å². The lowest BCUT2D eigenvalue weighted by Gasteiger charge is -2.12. The maximum atomic E-state index is 12.3. The quantitative estimate of drug-likeness (QED) is 0.872. The van der Waals surface area contributed by atoms with Crippen LogP contribution in [-0.2, 0) is 19.4 Å². The van der Waals surface area contributed by atoms with Gasteiger partial charge in [0.2, 0.25) is 0 Å². The highest BCUT2D eigenvalue weighted by atomic mass is 16.1. The largest absolute Gasteiger partial charge is 0.348 e. The number of nitrogens with one attached hydrogen (secondary N) is 1. The summed E-state index contributed by atoms with van der Waals surface area (Å²) < 4.78 is 0. The predicted molar refractivity (Wildman–Crippen MR) is 92.3 cm³/mol. The number of carbonyl (C=O) groups is 1. The lowest BCUT2D eigenvalue weighted by molar-refractivity contribution is 0.0950. The first kappa shape index (κ1) is 16.3. The van der Waals surface area contributed by atoms with Gasteiger partial charge in [-0.3, -0.25) is 4.79 Å². The molecule has 0 aliphatic heterocycles. The first-order valence-corrected chi connectivity index (χ1v) is 8.01. The van der Waals surface area contributed by atoms with Crippen molar-refractivity contribution in [1.29, 1.82) is 0 Å².